The van der Waals surface area contributed by atoms with E-state index in [0.717, 1.165) is 18.4 Å². The van der Waals surface area contributed by atoms with Crippen molar-refractivity contribution in [1.29, 1.82) is 0 Å². The summed E-state index contributed by atoms with van der Waals surface area (Å²) in [4.78, 5) is 23.2. The summed E-state index contributed by atoms with van der Waals surface area (Å²) in [6, 6.07) is 7.12. The van der Waals surface area contributed by atoms with Crippen LogP contribution in [0.5, 0.6) is 0 Å². The molecule has 0 radical (unpaired) electrons. The lowest BCUT2D eigenvalue weighted by molar-refractivity contribution is -0.139. The van der Waals surface area contributed by atoms with E-state index in [4.69, 9.17) is 11.6 Å². The van der Waals surface area contributed by atoms with Gasteiger partial charge in [-0.3, -0.25) is 9.59 Å². The highest BCUT2D eigenvalue weighted by Gasteiger charge is 2.29. The molecule has 5 nitrogen and oxygen atoms in total. The predicted molar refractivity (Wildman–Crippen MR) is 79.7 cm³/mol. The normalized spacial score (nSPS) is 15.3. The van der Waals surface area contributed by atoms with Crippen molar-refractivity contribution in [3.8, 4) is 0 Å². The van der Waals surface area contributed by atoms with Crippen LogP contribution in [0.25, 0.3) is 0 Å². The average molecular weight is 311 g/mol. The molecule has 1 fully saturated rings. The van der Waals surface area contributed by atoms with E-state index in [0.29, 0.717) is 23.9 Å². The van der Waals surface area contributed by atoms with E-state index in [-0.39, 0.29) is 12.6 Å². The van der Waals surface area contributed by atoms with Crippen LogP contribution in [0, 0.1) is 5.92 Å². The summed E-state index contributed by atoms with van der Waals surface area (Å²) >= 11 is 5.96. The van der Waals surface area contributed by atoms with Gasteiger partial charge in [0.15, 0.2) is 0 Å². The lowest BCUT2D eigenvalue weighted by atomic mass is 10.1. The number of aliphatic hydroxyl groups is 1. The first kappa shape index (κ1) is 15.8. The lowest BCUT2D eigenvalue weighted by Crippen LogP contribution is -2.40. The minimum absolute atomic E-state index is 0.205. The number of aliphatic hydroxyl groups excluding tert-OH is 1. The van der Waals surface area contributed by atoms with Gasteiger partial charge in [-0.05, 0) is 36.8 Å². The summed E-state index contributed by atoms with van der Waals surface area (Å²) in [5, 5.41) is 15.2. The Morgan fingerprint density at radius 3 is 2.57 bits per heavy atom. The summed E-state index contributed by atoms with van der Waals surface area (Å²) < 4.78 is 0. The maximum absolute atomic E-state index is 11.6. The van der Waals surface area contributed by atoms with E-state index >= 15 is 0 Å². The van der Waals surface area contributed by atoms with Crippen LogP contribution in [0.1, 0.15) is 24.8 Å². The molecule has 1 aliphatic carbocycles. The second-order valence-electron chi connectivity index (χ2n) is 5.22. The third-order valence-electron chi connectivity index (χ3n) is 3.50. The molecule has 0 unspecified atom stereocenters. The van der Waals surface area contributed by atoms with Gasteiger partial charge >= 0.3 is 11.8 Å². The molecular formula is C15H19ClN2O3. The Morgan fingerprint density at radius 1 is 1.24 bits per heavy atom. The maximum Gasteiger partial charge on any atom is 0.309 e. The van der Waals surface area contributed by atoms with Crippen molar-refractivity contribution in [1.82, 2.24) is 10.6 Å². The number of carbonyl (C=O) groups is 2. The first-order chi connectivity index (χ1) is 10.1. The Labute approximate surface area is 128 Å². The fourth-order valence-corrected chi connectivity index (χ4v) is 2.23. The van der Waals surface area contributed by atoms with Gasteiger partial charge in [0.2, 0.25) is 0 Å². The van der Waals surface area contributed by atoms with Crippen molar-refractivity contribution in [2.24, 2.45) is 5.92 Å². The molecule has 6 heteroatoms. The molecule has 0 bridgehead atoms. The van der Waals surface area contributed by atoms with Crippen molar-refractivity contribution in [2.45, 2.75) is 31.9 Å². The van der Waals surface area contributed by atoms with Crippen molar-refractivity contribution < 1.29 is 14.7 Å². The Hall–Kier alpha value is -1.59. The number of halogens is 1. The van der Waals surface area contributed by atoms with Gasteiger partial charge in [-0.2, -0.15) is 0 Å². The monoisotopic (exact) mass is 310 g/mol. The van der Waals surface area contributed by atoms with E-state index in [1.54, 1.807) is 18.2 Å². The molecule has 2 amide bonds. The summed E-state index contributed by atoms with van der Waals surface area (Å²) in [5.74, 6) is -1.02. The van der Waals surface area contributed by atoms with E-state index in [9.17, 15) is 14.7 Å². The van der Waals surface area contributed by atoms with Crippen molar-refractivity contribution >= 4 is 23.4 Å². The van der Waals surface area contributed by atoms with Gasteiger partial charge in [-0.1, -0.05) is 29.8 Å². The van der Waals surface area contributed by atoms with Crippen molar-refractivity contribution in [2.75, 3.05) is 6.54 Å². The number of nitrogens with one attached hydrogen (secondary N) is 2. The molecule has 0 aliphatic heterocycles. The van der Waals surface area contributed by atoms with Gasteiger partial charge in [0.1, 0.15) is 0 Å². The van der Waals surface area contributed by atoms with E-state index in [1.807, 2.05) is 6.07 Å². The number of carbonyl (C=O) groups excluding carboxylic acids is 2. The van der Waals surface area contributed by atoms with Gasteiger partial charge in [-0.25, -0.2) is 0 Å². The highest BCUT2D eigenvalue weighted by molar-refractivity contribution is 6.35. The van der Waals surface area contributed by atoms with Crippen LogP contribution >= 0.6 is 11.6 Å². The van der Waals surface area contributed by atoms with E-state index in [2.05, 4.69) is 10.6 Å². The molecule has 1 aliphatic rings. The third kappa shape index (κ3) is 5.02. The molecule has 0 aromatic heterocycles. The second kappa shape index (κ2) is 7.43. The summed E-state index contributed by atoms with van der Waals surface area (Å²) in [5.41, 5.74) is 0.754. The quantitative estimate of drug-likeness (QED) is 0.692. The third-order valence-corrected chi connectivity index (χ3v) is 3.86. The average Bonchev–Trinajstić information content (AvgIpc) is 3.30. The van der Waals surface area contributed by atoms with Crippen LogP contribution in [-0.2, 0) is 16.1 Å². The van der Waals surface area contributed by atoms with Crippen LogP contribution in [0.15, 0.2) is 24.3 Å². The smallest absolute Gasteiger partial charge is 0.309 e. The molecule has 0 saturated heterocycles. The zero-order valence-electron chi connectivity index (χ0n) is 11.6. The molecule has 0 heterocycles. The van der Waals surface area contributed by atoms with Crippen molar-refractivity contribution in [3.05, 3.63) is 34.9 Å². The highest BCUT2D eigenvalue weighted by Crippen LogP contribution is 2.33. The number of rotatable bonds is 6. The largest absolute Gasteiger partial charge is 0.393 e. The number of amides is 2. The predicted octanol–water partition coefficient (Wildman–Crippen LogP) is 1.23. The molecule has 0 spiro atoms. The summed E-state index contributed by atoms with van der Waals surface area (Å²) in [6.45, 7) is 0.507. The summed E-state index contributed by atoms with van der Waals surface area (Å²) in [6.07, 6.45) is 2.20. The number of hydrogen-bond donors (Lipinski definition) is 3. The molecular weight excluding hydrogens is 292 g/mol. The molecule has 1 saturated carbocycles. The number of benzene rings is 1. The van der Waals surface area contributed by atoms with Gasteiger partial charge in [-0.15, -0.1) is 0 Å². The zero-order chi connectivity index (χ0) is 15.2. The topological polar surface area (TPSA) is 78.4 Å². The van der Waals surface area contributed by atoms with Gasteiger partial charge < -0.3 is 15.7 Å². The Bertz CT molecular complexity index is 517. The Balaban J connectivity index is 1.67. The lowest BCUT2D eigenvalue weighted by Gasteiger charge is -2.10. The molecule has 1 atom stereocenters. The van der Waals surface area contributed by atoms with Crippen LogP contribution in [0.2, 0.25) is 5.02 Å². The number of hydrogen-bond acceptors (Lipinski definition) is 3. The minimum Gasteiger partial charge on any atom is -0.393 e. The fourth-order valence-electron chi connectivity index (χ4n) is 2.03. The second-order valence-corrected chi connectivity index (χ2v) is 5.63. The molecule has 114 valence electrons. The molecule has 2 rings (SSSR count). The van der Waals surface area contributed by atoms with Crippen LogP contribution in [0.3, 0.4) is 0 Å². The van der Waals surface area contributed by atoms with Gasteiger partial charge in [0.05, 0.1) is 6.10 Å². The van der Waals surface area contributed by atoms with E-state index < -0.39 is 11.8 Å². The maximum atomic E-state index is 11.6. The van der Waals surface area contributed by atoms with Gasteiger partial charge in [0.25, 0.3) is 0 Å². The highest BCUT2D eigenvalue weighted by atomic mass is 35.5. The fraction of sp³-hybridized carbons (Fsp3) is 0.467. The van der Waals surface area contributed by atoms with Gasteiger partial charge in [0, 0.05) is 18.1 Å². The summed E-state index contributed by atoms with van der Waals surface area (Å²) in [7, 11) is 0. The van der Waals surface area contributed by atoms with Crippen LogP contribution in [-0.4, -0.2) is 29.6 Å². The first-order valence-electron chi connectivity index (χ1n) is 7.05. The minimum atomic E-state index is -0.698. The Morgan fingerprint density at radius 2 is 1.90 bits per heavy atom. The van der Waals surface area contributed by atoms with Crippen LogP contribution in [0.4, 0.5) is 0 Å². The standard InChI is InChI=1S/C15H19ClN2O3/c16-12-4-2-1-3-11(12)9-18-15(21)14(20)17-8-7-13(19)10-5-6-10/h1-4,10,13,19H,5-9H2,(H,17,20)(H,18,21)/t13-/m1/s1. The molecule has 21 heavy (non-hydrogen) atoms. The molecule has 1 aromatic carbocycles. The van der Waals surface area contributed by atoms with Crippen molar-refractivity contribution in [3.63, 3.8) is 0 Å². The zero-order valence-corrected chi connectivity index (χ0v) is 12.4. The molecule has 1 aromatic rings. The SMILES string of the molecule is O=C(NCC[C@@H](O)C1CC1)C(=O)NCc1ccccc1Cl. The first-order valence-corrected chi connectivity index (χ1v) is 7.43. The Kier molecular flexibility index (Phi) is 5.59. The molecule has 3 N–H and O–H groups in total. The van der Waals surface area contributed by atoms with Crippen LogP contribution < -0.4 is 10.6 Å². The van der Waals surface area contributed by atoms with E-state index in [1.165, 1.54) is 0 Å².